The highest BCUT2D eigenvalue weighted by Crippen LogP contribution is 2.06. The molecule has 2 nitrogen and oxygen atoms in total. The minimum Gasteiger partial charge on any atom is -0.322 e. The Bertz CT molecular complexity index is 166. The molecule has 12 heavy (non-hydrogen) atoms. The fourth-order valence-corrected chi connectivity index (χ4v) is 1.13. The Morgan fingerprint density at radius 1 is 1.50 bits per heavy atom. The zero-order valence-electron chi connectivity index (χ0n) is 7.80. The lowest BCUT2D eigenvalue weighted by Crippen LogP contribution is -2.25. The van der Waals surface area contributed by atoms with E-state index >= 15 is 0 Å². The maximum Gasteiger partial charge on any atom is 0.102 e. The molecule has 0 aliphatic heterocycles. The van der Waals surface area contributed by atoms with Crippen LogP contribution in [0.4, 0.5) is 0 Å². The zero-order valence-corrected chi connectivity index (χ0v) is 9.37. The smallest absolute Gasteiger partial charge is 0.102 e. The van der Waals surface area contributed by atoms with E-state index in [2.05, 4.69) is 11.6 Å². The number of halogens is 2. The first-order valence-corrected chi connectivity index (χ1v) is 4.14. The van der Waals surface area contributed by atoms with Crippen molar-refractivity contribution in [2.24, 2.45) is 4.99 Å². The minimum atomic E-state index is 0. The van der Waals surface area contributed by atoms with Crippen molar-refractivity contribution in [3.05, 3.63) is 11.7 Å². The van der Waals surface area contributed by atoms with Crippen molar-refractivity contribution in [1.82, 2.24) is 4.90 Å². The molecule has 72 valence electrons. The van der Waals surface area contributed by atoms with Gasteiger partial charge in [-0.3, -0.25) is 4.99 Å². The molecule has 0 aromatic carbocycles. The van der Waals surface area contributed by atoms with Crippen molar-refractivity contribution in [3.63, 3.8) is 0 Å². The number of rotatable bonds is 3. The van der Waals surface area contributed by atoms with E-state index in [4.69, 9.17) is 11.6 Å². The Morgan fingerprint density at radius 3 is 2.25 bits per heavy atom. The third-order valence-electron chi connectivity index (χ3n) is 1.39. The first-order chi connectivity index (χ1) is 5.13. The molecular formula is C8H16Cl2N2. The van der Waals surface area contributed by atoms with Crippen LogP contribution < -0.4 is 0 Å². The van der Waals surface area contributed by atoms with E-state index in [9.17, 15) is 0 Å². The van der Waals surface area contributed by atoms with Crippen molar-refractivity contribution >= 4 is 29.8 Å². The summed E-state index contributed by atoms with van der Waals surface area (Å²) in [6, 6.07) is 0. The average Bonchev–Trinajstić information content (AvgIpc) is 1.88. The van der Waals surface area contributed by atoms with E-state index in [1.807, 2.05) is 25.7 Å². The van der Waals surface area contributed by atoms with Crippen LogP contribution in [0.3, 0.4) is 0 Å². The molecule has 0 aromatic rings. The molecule has 0 atom stereocenters. The second-order valence-corrected chi connectivity index (χ2v) is 2.58. The van der Waals surface area contributed by atoms with Crippen LogP contribution in [0.2, 0.25) is 0 Å². The van der Waals surface area contributed by atoms with Gasteiger partial charge in [0.05, 0.1) is 0 Å². The first-order valence-electron chi connectivity index (χ1n) is 3.76. The van der Waals surface area contributed by atoms with Crippen molar-refractivity contribution in [2.45, 2.75) is 20.8 Å². The Morgan fingerprint density at radius 2 is 2.00 bits per heavy atom. The van der Waals surface area contributed by atoms with Gasteiger partial charge in [0, 0.05) is 13.1 Å². The van der Waals surface area contributed by atoms with Gasteiger partial charge in [0.1, 0.15) is 11.0 Å². The van der Waals surface area contributed by atoms with Crippen LogP contribution in [0.5, 0.6) is 0 Å². The summed E-state index contributed by atoms with van der Waals surface area (Å²) in [5.74, 6) is 0.926. The summed E-state index contributed by atoms with van der Waals surface area (Å²) in [5.41, 5.74) is 0. The van der Waals surface area contributed by atoms with Crippen molar-refractivity contribution < 1.29 is 0 Å². The summed E-state index contributed by atoms with van der Waals surface area (Å²) >= 11 is 5.73. The molecule has 0 heterocycles. The van der Waals surface area contributed by atoms with Crippen LogP contribution in [0.25, 0.3) is 0 Å². The number of aliphatic imine (C=N–C) groups is 1. The first kappa shape index (κ1) is 14.3. The van der Waals surface area contributed by atoms with Gasteiger partial charge in [-0.1, -0.05) is 18.2 Å². The second-order valence-electron chi connectivity index (χ2n) is 2.14. The lowest BCUT2D eigenvalue weighted by Gasteiger charge is -2.20. The fraction of sp³-hybridized carbons (Fsp3) is 0.625. The molecule has 0 spiro atoms. The Kier molecular flexibility index (Phi) is 8.88. The highest BCUT2D eigenvalue weighted by molar-refractivity contribution is 6.29. The summed E-state index contributed by atoms with van der Waals surface area (Å²) in [6.07, 6.45) is 0. The van der Waals surface area contributed by atoms with Crippen molar-refractivity contribution in [1.29, 1.82) is 0 Å². The number of hydrogen-bond donors (Lipinski definition) is 0. The van der Waals surface area contributed by atoms with Crippen LogP contribution in [0.1, 0.15) is 20.8 Å². The van der Waals surface area contributed by atoms with Gasteiger partial charge in [-0.15, -0.1) is 12.4 Å². The molecule has 0 saturated carbocycles. The Labute approximate surface area is 85.7 Å². The predicted octanol–water partition coefficient (Wildman–Crippen LogP) is 2.88. The lowest BCUT2D eigenvalue weighted by atomic mass is 10.5. The number of hydrogen-bond acceptors (Lipinski definition) is 1. The van der Waals surface area contributed by atoms with E-state index in [0.717, 1.165) is 18.9 Å². The van der Waals surface area contributed by atoms with Gasteiger partial charge < -0.3 is 4.90 Å². The monoisotopic (exact) mass is 210 g/mol. The largest absolute Gasteiger partial charge is 0.322 e. The van der Waals surface area contributed by atoms with Crippen LogP contribution in [0.15, 0.2) is 16.7 Å². The van der Waals surface area contributed by atoms with Gasteiger partial charge in [0.15, 0.2) is 0 Å². The lowest BCUT2D eigenvalue weighted by molar-refractivity contribution is 0.570. The highest BCUT2D eigenvalue weighted by Gasteiger charge is 2.04. The average molecular weight is 211 g/mol. The number of amidine groups is 1. The van der Waals surface area contributed by atoms with E-state index in [1.54, 1.807) is 0 Å². The van der Waals surface area contributed by atoms with Gasteiger partial charge in [-0.25, -0.2) is 0 Å². The summed E-state index contributed by atoms with van der Waals surface area (Å²) in [6.45, 7) is 11.2. The standard InChI is InChI=1S/C8H15ClN2.ClH/c1-5-10-8(4)11(6-2)7(3)9;/h3,5-6H2,1-2,4H3;1H. The van der Waals surface area contributed by atoms with Crippen LogP contribution in [-0.4, -0.2) is 23.8 Å². The van der Waals surface area contributed by atoms with E-state index in [-0.39, 0.29) is 12.4 Å². The third-order valence-corrected chi connectivity index (χ3v) is 1.59. The molecular weight excluding hydrogens is 195 g/mol. The summed E-state index contributed by atoms with van der Waals surface area (Å²) in [7, 11) is 0. The normalized spacial score (nSPS) is 10.5. The van der Waals surface area contributed by atoms with Gasteiger partial charge in [-0.2, -0.15) is 0 Å². The van der Waals surface area contributed by atoms with E-state index < -0.39 is 0 Å². The molecule has 4 heteroatoms. The topological polar surface area (TPSA) is 15.6 Å². The summed E-state index contributed by atoms with van der Waals surface area (Å²) in [4.78, 5) is 6.08. The number of nitrogens with zero attached hydrogens (tertiary/aromatic N) is 2. The van der Waals surface area contributed by atoms with Crippen molar-refractivity contribution in [3.8, 4) is 0 Å². The molecule has 0 rings (SSSR count). The minimum absolute atomic E-state index is 0. The summed E-state index contributed by atoms with van der Waals surface area (Å²) < 4.78 is 0. The Hall–Kier alpha value is -0.210. The molecule has 0 aromatic heterocycles. The van der Waals surface area contributed by atoms with Crippen LogP contribution >= 0.6 is 24.0 Å². The maximum atomic E-state index is 5.73. The SMILES string of the molecule is C=C(Cl)N(CC)C(C)=NCC.Cl. The molecule has 0 amide bonds. The van der Waals surface area contributed by atoms with Crippen LogP contribution in [-0.2, 0) is 0 Å². The fourth-order valence-electron chi connectivity index (χ4n) is 0.890. The molecule has 0 unspecified atom stereocenters. The Balaban J connectivity index is 0. The van der Waals surface area contributed by atoms with Crippen molar-refractivity contribution in [2.75, 3.05) is 13.1 Å². The second kappa shape index (κ2) is 7.44. The van der Waals surface area contributed by atoms with Gasteiger partial charge in [-0.05, 0) is 20.8 Å². The zero-order chi connectivity index (χ0) is 8.85. The maximum absolute atomic E-state index is 5.73. The van der Waals surface area contributed by atoms with Gasteiger partial charge in [0.25, 0.3) is 0 Å². The quantitative estimate of drug-likeness (QED) is 0.398. The van der Waals surface area contributed by atoms with Crippen LogP contribution in [0, 0.1) is 0 Å². The molecule has 0 aliphatic carbocycles. The predicted molar refractivity (Wildman–Crippen MR) is 58.3 cm³/mol. The van der Waals surface area contributed by atoms with Gasteiger partial charge >= 0.3 is 0 Å². The molecule has 0 radical (unpaired) electrons. The molecule has 0 N–H and O–H groups in total. The van der Waals surface area contributed by atoms with Gasteiger partial charge in [0.2, 0.25) is 0 Å². The molecule has 0 bridgehead atoms. The highest BCUT2D eigenvalue weighted by atomic mass is 35.5. The third kappa shape index (κ3) is 4.62. The molecule has 0 saturated heterocycles. The summed E-state index contributed by atoms with van der Waals surface area (Å²) in [5, 5.41) is 0.530. The molecule has 0 fully saturated rings. The molecule has 0 aliphatic rings. The van der Waals surface area contributed by atoms with E-state index in [0.29, 0.717) is 5.16 Å². The van der Waals surface area contributed by atoms with E-state index in [1.165, 1.54) is 0 Å².